The van der Waals surface area contributed by atoms with E-state index in [2.05, 4.69) is 31.7 Å². The van der Waals surface area contributed by atoms with E-state index >= 15 is 0 Å². The van der Waals surface area contributed by atoms with Gasteiger partial charge >= 0.3 is 11.9 Å². The van der Waals surface area contributed by atoms with Crippen molar-refractivity contribution in [3.05, 3.63) is 108 Å². The molecule has 2 aliphatic rings. The van der Waals surface area contributed by atoms with Crippen LogP contribution in [0.15, 0.2) is 97.1 Å². The van der Waals surface area contributed by atoms with E-state index in [4.69, 9.17) is 23.7 Å². The van der Waals surface area contributed by atoms with Crippen LogP contribution in [0.4, 0.5) is 11.4 Å². The monoisotopic (exact) mass is 722 g/mol. The van der Waals surface area contributed by atoms with Crippen molar-refractivity contribution in [3.63, 3.8) is 0 Å². The van der Waals surface area contributed by atoms with Gasteiger partial charge < -0.3 is 33.5 Å². The normalized spacial score (nSPS) is 15.2. The average molecular weight is 723 g/mol. The predicted octanol–water partition coefficient (Wildman–Crippen LogP) is 4.96. The molecule has 0 aromatic heterocycles. The molecule has 0 N–H and O–H groups in total. The predicted molar refractivity (Wildman–Crippen MR) is 206 cm³/mol. The van der Waals surface area contributed by atoms with Gasteiger partial charge in [-0.05, 0) is 72.5 Å². The lowest BCUT2D eigenvalue weighted by molar-refractivity contribution is -0.145. The van der Waals surface area contributed by atoms with Crippen molar-refractivity contribution in [2.24, 2.45) is 0 Å². The number of benzene rings is 4. The van der Waals surface area contributed by atoms with Crippen molar-refractivity contribution in [3.8, 4) is 23.0 Å². The standard InChI is InChI=1S/C42H50N4O7/c1-49-39-15-5-3-13-37(39)45-25-21-43(22-26-45)19-17-33-9-7-11-35(29-33)52-41(47)31-51-32-42(48)53-36-12-8-10-34(30-36)18-20-44-23-27-46(28-24-44)38-14-4-6-16-40(38)50-2/h3-16,29-30H,17-28,31-32H2,1-2H3. The van der Waals surface area contributed by atoms with E-state index < -0.39 is 11.9 Å². The van der Waals surface area contributed by atoms with E-state index in [9.17, 15) is 9.59 Å². The van der Waals surface area contributed by atoms with Crippen LogP contribution in [0, 0.1) is 0 Å². The third kappa shape index (κ3) is 11.0. The molecule has 2 aliphatic heterocycles. The Labute approximate surface area is 312 Å². The molecule has 0 spiro atoms. The lowest BCUT2D eigenvalue weighted by Gasteiger charge is -2.36. The Morgan fingerprint density at radius 2 is 0.943 bits per heavy atom. The molecular weight excluding hydrogens is 672 g/mol. The topological polar surface area (TPSA) is 93.2 Å². The van der Waals surface area contributed by atoms with E-state index in [1.807, 2.05) is 72.8 Å². The summed E-state index contributed by atoms with van der Waals surface area (Å²) in [6, 6.07) is 31.4. The molecule has 0 aliphatic carbocycles. The zero-order chi connectivity index (χ0) is 36.8. The highest BCUT2D eigenvalue weighted by atomic mass is 16.6. The Balaban J connectivity index is 0.860. The minimum Gasteiger partial charge on any atom is -0.495 e. The molecule has 11 nitrogen and oxygen atoms in total. The summed E-state index contributed by atoms with van der Waals surface area (Å²) < 4.78 is 27.4. The highest BCUT2D eigenvalue weighted by Gasteiger charge is 2.21. The highest BCUT2D eigenvalue weighted by Crippen LogP contribution is 2.29. The number of carbonyl (C=O) groups excluding carboxylic acids is 2. The van der Waals surface area contributed by atoms with E-state index in [0.717, 1.165) is 112 Å². The first-order valence-corrected chi connectivity index (χ1v) is 18.3. The van der Waals surface area contributed by atoms with Crippen LogP contribution in [-0.4, -0.2) is 115 Å². The maximum atomic E-state index is 12.5. The zero-order valence-electron chi connectivity index (χ0n) is 30.8. The van der Waals surface area contributed by atoms with Gasteiger partial charge in [0.2, 0.25) is 0 Å². The van der Waals surface area contributed by atoms with Crippen molar-refractivity contribution < 1.29 is 33.3 Å². The summed E-state index contributed by atoms with van der Waals surface area (Å²) in [7, 11) is 3.42. The second kappa shape index (κ2) is 19.1. The van der Waals surface area contributed by atoms with E-state index in [1.54, 1.807) is 26.4 Å². The fraction of sp³-hybridized carbons (Fsp3) is 0.381. The van der Waals surface area contributed by atoms with Crippen molar-refractivity contribution >= 4 is 23.3 Å². The summed E-state index contributed by atoms with van der Waals surface area (Å²) in [5.41, 5.74) is 4.43. The summed E-state index contributed by atoms with van der Waals surface area (Å²) in [6.07, 6.45) is 1.68. The Bertz CT molecular complexity index is 1660. The first-order valence-electron chi connectivity index (χ1n) is 18.3. The van der Waals surface area contributed by atoms with Crippen LogP contribution in [0.5, 0.6) is 23.0 Å². The molecule has 11 heteroatoms. The van der Waals surface area contributed by atoms with Gasteiger partial charge in [0, 0.05) is 65.4 Å². The molecule has 2 heterocycles. The molecule has 0 saturated carbocycles. The van der Waals surface area contributed by atoms with Gasteiger partial charge in [-0.3, -0.25) is 9.80 Å². The fourth-order valence-electron chi connectivity index (χ4n) is 6.85. The Hall–Kier alpha value is -5.10. The molecule has 53 heavy (non-hydrogen) atoms. The van der Waals surface area contributed by atoms with E-state index in [1.165, 1.54) is 0 Å². The molecule has 0 radical (unpaired) electrons. The second-order valence-electron chi connectivity index (χ2n) is 13.2. The van der Waals surface area contributed by atoms with Crippen molar-refractivity contribution in [2.45, 2.75) is 12.8 Å². The van der Waals surface area contributed by atoms with Crippen LogP contribution in [-0.2, 0) is 27.2 Å². The molecule has 0 bridgehead atoms. The number of hydrogen-bond donors (Lipinski definition) is 0. The number of hydrogen-bond acceptors (Lipinski definition) is 11. The van der Waals surface area contributed by atoms with Gasteiger partial charge in [0.25, 0.3) is 0 Å². The largest absolute Gasteiger partial charge is 0.495 e. The Morgan fingerprint density at radius 1 is 0.528 bits per heavy atom. The highest BCUT2D eigenvalue weighted by molar-refractivity contribution is 5.76. The SMILES string of the molecule is COc1ccccc1N1CCN(CCc2cccc(OC(=O)COCC(=O)Oc3cccc(CCN4CCN(c5ccccc5OC)CC4)c3)c2)CC1. The van der Waals surface area contributed by atoms with Crippen LogP contribution in [0.2, 0.25) is 0 Å². The summed E-state index contributed by atoms with van der Waals surface area (Å²) in [4.78, 5) is 34.6. The van der Waals surface area contributed by atoms with Gasteiger partial charge in [-0.25, -0.2) is 9.59 Å². The van der Waals surface area contributed by atoms with Crippen molar-refractivity contribution in [2.75, 3.05) is 103 Å². The third-order valence-electron chi connectivity index (χ3n) is 9.73. The molecular formula is C42H50N4O7. The number of para-hydroxylation sites is 4. The van der Waals surface area contributed by atoms with Crippen molar-refractivity contribution in [1.29, 1.82) is 0 Å². The molecule has 0 unspecified atom stereocenters. The van der Waals surface area contributed by atoms with Crippen molar-refractivity contribution in [1.82, 2.24) is 9.80 Å². The van der Waals surface area contributed by atoms with Gasteiger partial charge in [-0.2, -0.15) is 0 Å². The van der Waals surface area contributed by atoms with Gasteiger partial charge in [0.05, 0.1) is 25.6 Å². The number of ether oxygens (including phenoxy) is 5. The summed E-state index contributed by atoms with van der Waals surface area (Å²) in [6.45, 7) is 8.68. The molecule has 0 atom stereocenters. The quantitative estimate of drug-likeness (QED) is 0.116. The summed E-state index contributed by atoms with van der Waals surface area (Å²) >= 11 is 0. The maximum Gasteiger partial charge on any atom is 0.337 e. The molecule has 4 aromatic rings. The minimum absolute atomic E-state index is 0.361. The van der Waals surface area contributed by atoms with Gasteiger partial charge in [-0.15, -0.1) is 0 Å². The zero-order valence-corrected chi connectivity index (χ0v) is 30.8. The van der Waals surface area contributed by atoms with E-state index in [-0.39, 0.29) is 13.2 Å². The fourth-order valence-corrected chi connectivity index (χ4v) is 6.85. The van der Waals surface area contributed by atoms with Crippen LogP contribution in [0.1, 0.15) is 11.1 Å². The number of carbonyl (C=O) groups is 2. The average Bonchev–Trinajstić information content (AvgIpc) is 3.20. The summed E-state index contributed by atoms with van der Waals surface area (Å²) in [5, 5.41) is 0. The molecule has 4 aromatic carbocycles. The molecule has 6 rings (SSSR count). The maximum absolute atomic E-state index is 12.5. The first-order chi connectivity index (χ1) is 26.0. The lowest BCUT2D eigenvalue weighted by Crippen LogP contribution is -2.47. The molecule has 0 amide bonds. The second-order valence-corrected chi connectivity index (χ2v) is 13.2. The number of anilines is 2. The number of esters is 2. The lowest BCUT2D eigenvalue weighted by atomic mass is 10.1. The number of piperazine rings is 2. The van der Waals surface area contributed by atoms with Crippen LogP contribution in [0.25, 0.3) is 0 Å². The summed E-state index contributed by atoms with van der Waals surface area (Å²) in [5.74, 6) is 1.56. The van der Waals surface area contributed by atoms with E-state index in [0.29, 0.717) is 11.5 Å². The number of nitrogens with zero attached hydrogens (tertiary/aromatic N) is 4. The van der Waals surface area contributed by atoms with Crippen LogP contribution in [0.3, 0.4) is 0 Å². The van der Waals surface area contributed by atoms with Crippen LogP contribution >= 0.6 is 0 Å². The molecule has 2 saturated heterocycles. The Kier molecular flexibility index (Phi) is 13.6. The Morgan fingerprint density at radius 3 is 1.36 bits per heavy atom. The number of methoxy groups -OCH3 is 2. The molecule has 2 fully saturated rings. The molecule has 280 valence electrons. The number of rotatable bonds is 16. The van der Waals surface area contributed by atoms with Gasteiger partial charge in [-0.1, -0.05) is 48.5 Å². The smallest absolute Gasteiger partial charge is 0.337 e. The first kappa shape index (κ1) is 37.7. The van der Waals surface area contributed by atoms with Crippen LogP contribution < -0.4 is 28.7 Å². The minimum atomic E-state index is -0.576. The van der Waals surface area contributed by atoms with Gasteiger partial charge in [0.15, 0.2) is 0 Å². The van der Waals surface area contributed by atoms with Gasteiger partial charge in [0.1, 0.15) is 36.2 Å². The third-order valence-corrected chi connectivity index (χ3v) is 9.73.